The lowest BCUT2D eigenvalue weighted by molar-refractivity contribution is -0.0203. The van der Waals surface area contributed by atoms with Gasteiger partial charge in [0.2, 0.25) is 6.29 Å². The van der Waals surface area contributed by atoms with Crippen LogP contribution in [0.2, 0.25) is 0 Å². The lowest BCUT2D eigenvalue weighted by Gasteiger charge is -2.28. The molecule has 1 unspecified atom stereocenters. The van der Waals surface area contributed by atoms with E-state index in [1.165, 1.54) is 0 Å². The Morgan fingerprint density at radius 1 is 1.09 bits per heavy atom. The fraction of sp³-hybridized carbons (Fsp3) is 0.158. The van der Waals surface area contributed by atoms with Gasteiger partial charge in [0, 0.05) is 16.5 Å². The Balaban J connectivity index is 2.07. The second-order valence-corrected chi connectivity index (χ2v) is 5.54. The molecule has 1 N–H and O–H groups in total. The number of hydrogen-bond acceptors (Lipinski definition) is 3. The van der Waals surface area contributed by atoms with E-state index in [9.17, 15) is 5.11 Å². The van der Waals surface area contributed by atoms with E-state index in [2.05, 4.69) is 19.1 Å². The van der Waals surface area contributed by atoms with Gasteiger partial charge in [-0.3, -0.25) is 0 Å². The molecule has 22 heavy (non-hydrogen) atoms. The van der Waals surface area contributed by atoms with Crippen LogP contribution in [0.3, 0.4) is 0 Å². The third kappa shape index (κ3) is 1.79. The van der Waals surface area contributed by atoms with E-state index in [0.717, 1.165) is 38.8 Å². The van der Waals surface area contributed by atoms with Crippen molar-refractivity contribution >= 4 is 10.8 Å². The highest BCUT2D eigenvalue weighted by Gasteiger charge is 2.27. The molecule has 0 bridgehead atoms. The lowest BCUT2D eigenvalue weighted by atomic mass is 9.90. The molecule has 1 aliphatic heterocycles. The number of fused-ring (bicyclic) bond motifs is 5. The van der Waals surface area contributed by atoms with E-state index in [4.69, 9.17) is 9.47 Å². The molecular formula is C19H16O3. The fourth-order valence-electron chi connectivity index (χ4n) is 3.18. The van der Waals surface area contributed by atoms with Crippen molar-refractivity contribution in [1.29, 1.82) is 0 Å². The summed E-state index contributed by atoms with van der Waals surface area (Å²) in [5.41, 5.74) is 3.91. The van der Waals surface area contributed by atoms with Crippen molar-refractivity contribution in [1.82, 2.24) is 0 Å². The Morgan fingerprint density at radius 2 is 1.91 bits per heavy atom. The molecule has 0 saturated heterocycles. The normalized spacial score (nSPS) is 15.9. The molecule has 0 radical (unpaired) electrons. The number of methoxy groups -OCH3 is 1. The van der Waals surface area contributed by atoms with Gasteiger partial charge in [-0.2, -0.15) is 0 Å². The summed E-state index contributed by atoms with van der Waals surface area (Å²) in [4.78, 5) is 0. The summed E-state index contributed by atoms with van der Waals surface area (Å²) < 4.78 is 11.1. The predicted molar refractivity (Wildman–Crippen MR) is 86.3 cm³/mol. The number of hydrogen-bond donors (Lipinski definition) is 1. The summed E-state index contributed by atoms with van der Waals surface area (Å²) in [6, 6.07) is 16.0. The minimum atomic E-state index is -0.984. The first kappa shape index (κ1) is 13.2. The van der Waals surface area contributed by atoms with Crippen molar-refractivity contribution in [2.24, 2.45) is 0 Å². The van der Waals surface area contributed by atoms with Crippen LogP contribution in [0.5, 0.6) is 11.5 Å². The van der Waals surface area contributed by atoms with Gasteiger partial charge in [0.15, 0.2) is 0 Å². The van der Waals surface area contributed by atoms with E-state index in [1.54, 1.807) is 7.11 Å². The first-order valence-electron chi connectivity index (χ1n) is 7.24. The third-order valence-corrected chi connectivity index (χ3v) is 4.22. The second-order valence-electron chi connectivity index (χ2n) is 5.54. The second kappa shape index (κ2) is 4.75. The molecular weight excluding hydrogens is 276 g/mol. The van der Waals surface area contributed by atoms with Crippen LogP contribution in [0.15, 0.2) is 48.5 Å². The molecule has 3 nitrogen and oxygen atoms in total. The monoisotopic (exact) mass is 292 g/mol. The number of aliphatic hydroxyl groups is 1. The van der Waals surface area contributed by atoms with Crippen molar-refractivity contribution in [2.45, 2.75) is 13.2 Å². The maximum atomic E-state index is 10.4. The van der Waals surface area contributed by atoms with Gasteiger partial charge in [-0.15, -0.1) is 0 Å². The van der Waals surface area contributed by atoms with Crippen molar-refractivity contribution in [3.05, 3.63) is 59.7 Å². The molecule has 110 valence electrons. The summed E-state index contributed by atoms with van der Waals surface area (Å²) >= 11 is 0. The zero-order valence-corrected chi connectivity index (χ0v) is 12.5. The molecule has 0 spiro atoms. The fourth-order valence-corrected chi connectivity index (χ4v) is 3.18. The summed E-state index contributed by atoms with van der Waals surface area (Å²) in [6.07, 6.45) is -0.984. The van der Waals surface area contributed by atoms with Gasteiger partial charge < -0.3 is 14.6 Å². The highest BCUT2D eigenvalue weighted by atomic mass is 16.6. The quantitative estimate of drug-likeness (QED) is 0.730. The van der Waals surface area contributed by atoms with Gasteiger partial charge in [0.05, 0.1) is 7.11 Å². The van der Waals surface area contributed by atoms with Gasteiger partial charge in [0.1, 0.15) is 11.5 Å². The van der Waals surface area contributed by atoms with E-state index >= 15 is 0 Å². The summed E-state index contributed by atoms with van der Waals surface area (Å²) in [7, 11) is 1.62. The Labute approximate surface area is 128 Å². The van der Waals surface area contributed by atoms with Gasteiger partial charge in [-0.05, 0) is 35.6 Å². The van der Waals surface area contributed by atoms with Crippen molar-refractivity contribution < 1.29 is 14.6 Å². The van der Waals surface area contributed by atoms with Crippen LogP contribution < -0.4 is 9.47 Å². The van der Waals surface area contributed by atoms with Gasteiger partial charge in [-0.1, -0.05) is 36.4 Å². The van der Waals surface area contributed by atoms with Gasteiger partial charge >= 0.3 is 0 Å². The molecule has 0 aromatic heterocycles. The smallest absolute Gasteiger partial charge is 0.225 e. The average molecular weight is 292 g/mol. The van der Waals surface area contributed by atoms with Crippen LogP contribution in [0.1, 0.15) is 17.4 Å². The summed E-state index contributed by atoms with van der Waals surface area (Å²) in [5, 5.41) is 12.5. The van der Waals surface area contributed by atoms with E-state index in [0.29, 0.717) is 5.75 Å². The van der Waals surface area contributed by atoms with Gasteiger partial charge in [-0.25, -0.2) is 0 Å². The molecule has 3 heteroatoms. The number of aliphatic hydroxyl groups excluding tert-OH is 1. The first-order valence-corrected chi connectivity index (χ1v) is 7.24. The average Bonchev–Trinajstić information content (AvgIpc) is 2.54. The minimum Gasteiger partial charge on any atom is -0.497 e. The van der Waals surface area contributed by atoms with Crippen LogP contribution in [-0.4, -0.2) is 12.2 Å². The Hall–Kier alpha value is -2.52. The molecule has 1 atom stereocenters. The predicted octanol–water partition coefficient (Wildman–Crippen LogP) is 4.21. The Bertz CT molecular complexity index is 883. The standard InChI is InChI=1S/C19H16O3/c1-11-9-12-5-3-4-6-14(12)18-17(11)15-8-7-13(21-2)10-16(15)19(20)22-18/h3-10,19-20H,1-2H3. The maximum absolute atomic E-state index is 10.4. The van der Waals surface area contributed by atoms with Crippen molar-refractivity contribution in [2.75, 3.05) is 7.11 Å². The van der Waals surface area contributed by atoms with E-state index in [1.807, 2.05) is 36.4 Å². The molecule has 3 aromatic rings. The van der Waals surface area contributed by atoms with E-state index in [-0.39, 0.29) is 0 Å². The molecule has 1 heterocycles. The molecule has 4 rings (SSSR count). The molecule has 1 aliphatic rings. The molecule has 0 saturated carbocycles. The SMILES string of the molecule is COc1ccc2c(c1)C(O)Oc1c-2c(C)cc2ccccc12. The number of rotatable bonds is 1. The van der Waals surface area contributed by atoms with Crippen LogP contribution >= 0.6 is 0 Å². The minimum absolute atomic E-state index is 0.711. The number of benzene rings is 3. The zero-order valence-electron chi connectivity index (χ0n) is 12.5. The lowest BCUT2D eigenvalue weighted by Crippen LogP contribution is -2.14. The molecule has 0 amide bonds. The number of ether oxygens (including phenoxy) is 2. The molecule has 3 aromatic carbocycles. The summed E-state index contributed by atoms with van der Waals surface area (Å²) in [6.45, 7) is 2.07. The molecule has 0 aliphatic carbocycles. The van der Waals surface area contributed by atoms with Gasteiger partial charge in [0.25, 0.3) is 0 Å². The zero-order chi connectivity index (χ0) is 15.3. The van der Waals surface area contributed by atoms with Crippen molar-refractivity contribution in [3.8, 4) is 22.6 Å². The number of aryl methyl sites for hydroxylation is 1. The maximum Gasteiger partial charge on any atom is 0.225 e. The van der Waals surface area contributed by atoms with Crippen LogP contribution in [0.25, 0.3) is 21.9 Å². The third-order valence-electron chi connectivity index (χ3n) is 4.22. The topological polar surface area (TPSA) is 38.7 Å². The Morgan fingerprint density at radius 3 is 2.73 bits per heavy atom. The largest absolute Gasteiger partial charge is 0.497 e. The summed E-state index contributed by atoms with van der Waals surface area (Å²) in [5.74, 6) is 1.46. The van der Waals surface area contributed by atoms with Crippen molar-refractivity contribution in [3.63, 3.8) is 0 Å². The molecule has 0 fully saturated rings. The van der Waals surface area contributed by atoms with Crippen LogP contribution in [0.4, 0.5) is 0 Å². The van der Waals surface area contributed by atoms with Crippen LogP contribution in [-0.2, 0) is 0 Å². The first-order chi connectivity index (χ1) is 10.7. The van der Waals surface area contributed by atoms with E-state index < -0.39 is 6.29 Å². The highest BCUT2D eigenvalue weighted by Crippen LogP contribution is 2.47. The Kier molecular flexibility index (Phi) is 2.84. The highest BCUT2D eigenvalue weighted by molar-refractivity contribution is 5.98. The van der Waals surface area contributed by atoms with Crippen LogP contribution in [0, 0.1) is 6.92 Å².